The average molecular weight is 252 g/mol. The van der Waals surface area contributed by atoms with Gasteiger partial charge in [-0.2, -0.15) is 11.8 Å². The van der Waals surface area contributed by atoms with Crippen molar-refractivity contribution in [3.05, 3.63) is 0 Å². The second-order valence-corrected chi connectivity index (χ2v) is 7.91. The van der Waals surface area contributed by atoms with Crippen molar-refractivity contribution in [2.24, 2.45) is 23.7 Å². The summed E-state index contributed by atoms with van der Waals surface area (Å²) in [7, 11) is 0. The molecule has 0 aromatic rings. The van der Waals surface area contributed by atoms with Gasteiger partial charge >= 0.3 is 0 Å². The van der Waals surface area contributed by atoms with Crippen molar-refractivity contribution >= 4 is 11.8 Å². The van der Waals surface area contributed by atoms with E-state index in [-0.39, 0.29) is 0 Å². The van der Waals surface area contributed by atoms with Crippen LogP contribution in [-0.4, -0.2) is 35.6 Å². The van der Waals surface area contributed by atoms with E-state index in [1.165, 1.54) is 50.3 Å². The number of hydrazine groups is 1. The van der Waals surface area contributed by atoms with E-state index in [0.717, 1.165) is 29.7 Å². The Kier molecular flexibility index (Phi) is 2.90. The van der Waals surface area contributed by atoms with E-state index in [9.17, 15) is 0 Å². The zero-order valence-corrected chi connectivity index (χ0v) is 11.4. The van der Waals surface area contributed by atoms with Crippen molar-refractivity contribution in [2.45, 2.75) is 38.1 Å². The molecule has 1 aliphatic heterocycles. The van der Waals surface area contributed by atoms with Crippen LogP contribution in [0.3, 0.4) is 0 Å². The van der Waals surface area contributed by atoms with Crippen LogP contribution in [0.25, 0.3) is 0 Å². The lowest BCUT2D eigenvalue weighted by Gasteiger charge is -2.55. The number of rotatable bonds is 2. The first-order chi connectivity index (χ1) is 8.38. The van der Waals surface area contributed by atoms with E-state index in [0.29, 0.717) is 0 Å². The third kappa shape index (κ3) is 2.04. The molecule has 0 spiro atoms. The van der Waals surface area contributed by atoms with Crippen LogP contribution in [0.15, 0.2) is 0 Å². The first-order valence-corrected chi connectivity index (χ1v) is 8.63. The molecule has 96 valence electrons. The molecule has 1 N–H and O–H groups in total. The molecule has 4 aliphatic carbocycles. The first kappa shape index (κ1) is 11.1. The Morgan fingerprint density at radius 1 is 0.824 bits per heavy atom. The molecule has 17 heavy (non-hydrogen) atoms. The zero-order chi connectivity index (χ0) is 11.2. The number of hydrogen-bond acceptors (Lipinski definition) is 3. The number of thioether (sulfide) groups is 1. The molecule has 0 unspecified atom stereocenters. The van der Waals surface area contributed by atoms with Gasteiger partial charge in [-0.3, -0.25) is 5.43 Å². The van der Waals surface area contributed by atoms with Crippen LogP contribution in [0, 0.1) is 23.7 Å². The predicted molar refractivity (Wildman–Crippen MR) is 72.9 cm³/mol. The fraction of sp³-hybridized carbons (Fsp3) is 1.00. The van der Waals surface area contributed by atoms with Gasteiger partial charge in [0.25, 0.3) is 0 Å². The van der Waals surface area contributed by atoms with Crippen molar-refractivity contribution in [2.75, 3.05) is 24.6 Å². The molecular formula is C14H24N2S. The Morgan fingerprint density at radius 3 is 2.00 bits per heavy atom. The van der Waals surface area contributed by atoms with E-state index >= 15 is 0 Å². The SMILES string of the molecule is C1CN(NC2C3CC4CC(C3)CC2C4)CCS1. The third-order valence-electron chi connectivity index (χ3n) is 5.57. The average Bonchev–Trinajstić information content (AvgIpc) is 2.34. The van der Waals surface area contributed by atoms with Crippen LogP contribution in [0.1, 0.15) is 32.1 Å². The maximum atomic E-state index is 3.92. The molecule has 0 atom stereocenters. The second-order valence-electron chi connectivity index (χ2n) is 6.69. The first-order valence-electron chi connectivity index (χ1n) is 7.47. The van der Waals surface area contributed by atoms with Crippen molar-refractivity contribution in [3.8, 4) is 0 Å². The zero-order valence-electron chi connectivity index (χ0n) is 10.6. The lowest BCUT2D eigenvalue weighted by molar-refractivity contribution is -0.0416. The van der Waals surface area contributed by atoms with Crippen LogP contribution in [0.2, 0.25) is 0 Å². The molecule has 0 aromatic heterocycles. The highest BCUT2D eigenvalue weighted by Gasteiger charge is 2.48. The molecule has 4 bridgehead atoms. The molecule has 2 nitrogen and oxygen atoms in total. The maximum Gasteiger partial charge on any atom is 0.0272 e. The van der Waals surface area contributed by atoms with Crippen molar-refractivity contribution in [1.29, 1.82) is 0 Å². The van der Waals surface area contributed by atoms with Gasteiger partial charge < -0.3 is 0 Å². The van der Waals surface area contributed by atoms with Crippen LogP contribution < -0.4 is 5.43 Å². The number of nitrogens with one attached hydrogen (secondary N) is 1. The number of nitrogens with zero attached hydrogens (tertiary/aromatic N) is 1. The molecule has 5 aliphatic rings. The maximum absolute atomic E-state index is 3.92. The van der Waals surface area contributed by atoms with Crippen LogP contribution in [-0.2, 0) is 0 Å². The fourth-order valence-electron chi connectivity index (χ4n) is 5.04. The topological polar surface area (TPSA) is 15.3 Å². The van der Waals surface area contributed by atoms with Gasteiger partial charge in [0, 0.05) is 30.6 Å². The minimum atomic E-state index is 0.839. The van der Waals surface area contributed by atoms with E-state index < -0.39 is 0 Å². The van der Waals surface area contributed by atoms with Gasteiger partial charge in [0.05, 0.1) is 0 Å². The van der Waals surface area contributed by atoms with Gasteiger partial charge in [-0.05, 0) is 55.8 Å². The molecule has 0 aromatic carbocycles. The largest absolute Gasteiger partial charge is 0.252 e. The van der Waals surface area contributed by atoms with Gasteiger partial charge in [-0.1, -0.05) is 0 Å². The minimum absolute atomic E-state index is 0.839. The van der Waals surface area contributed by atoms with Crippen molar-refractivity contribution < 1.29 is 0 Å². The molecule has 1 heterocycles. The molecule has 4 saturated carbocycles. The van der Waals surface area contributed by atoms with E-state index in [1.807, 2.05) is 0 Å². The Balaban J connectivity index is 1.43. The summed E-state index contributed by atoms with van der Waals surface area (Å²) in [5.41, 5.74) is 3.92. The Hall–Kier alpha value is 0.270. The highest BCUT2D eigenvalue weighted by atomic mass is 32.2. The molecule has 5 rings (SSSR count). The molecule has 3 heteroatoms. The highest BCUT2D eigenvalue weighted by molar-refractivity contribution is 7.99. The summed E-state index contributed by atoms with van der Waals surface area (Å²) >= 11 is 2.11. The van der Waals surface area contributed by atoms with Crippen molar-refractivity contribution in [3.63, 3.8) is 0 Å². The summed E-state index contributed by atoms with van der Waals surface area (Å²) in [5, 5.41) is 2.53. The third-order valence-corrected chi connectivity index (χ3v) is 6.51. The predicted octanol–water partition coefficient (Wildman–Crippen LogP) is 2.36. The Bertz CT molecular complexity index is 260. The summed E-state index contributed by atoms with van der Waals surface area (Å²) in [6.45, 7) is 2.51. The molecular weight excluding hydrogens is 228 g/mol. The van der Waals surface area contributed by atoms with Gasteiger partial charge in [-0.25, -0.2) is 5.01 Å². The minimum Gasteiger partial charge on any atom is -0.252 e. The quantitative estimate of drug-likeness (QED) is 0.812. The Labute approximate surface area is 109 Å². The summed E-state index contributed by atoms with van der Waals surface area (Å²) in [6, 6.07) is 0.839. The molecule has 1 saturated heterocycles. The fourth-order valence-corrected chi connectivity index (χ4v) is 5.94. The lowest BCUT2D eigenvalue weighted by Crippen LogP contribution is -2.59. The summed E-state index contributed by atoms with van der Waals surface area (Å²) in [5.74, 6) is 6.88. The molecule has 0 radical (unpaired) electrons. The van der Waals surface area contributed by atoms with Gasteiger partial charge in [0.1, 0.15) is 0 Å². The highest BCUT2D eigenvalue weighted by Crippen LogP contribution is 2.53. The Morgan fingerprint density at radius 2 is 1.41 bits per heavy atom. The molecule has 5 fully saturated rings. The van der Waals surface area contributed by atoms with E-state index in [1.54, 1.807) is 6.42 Å². The normalized spacial score (nSPS) is 49.8. The molecule has 0 amide bonds. The summed E-state index contributed by atoms with van der Waals surface area (Å²) < 4.78 is 0. The van der Waals surface area contributed by atoms with E-state index in [4.69, 9.17) is 0 Å². The van der Waals surface area contributed by atoms with Gasteiger partial charge in [0.2, 0.25) is 0 Å². The van der Waals surface area contributed by atoms with Crippen LogP contribution >= 0.6 is 11.8 Å². The van der Waals surface area contributed by atoms with Crippen LogP contribution in [0.4, 0.5) is 0 Å². The summed E-state index contributed by atoms with van der Waals surface area (Å²) in [6.07, 6.45) is 7.71. The summed E-state index contributed by atoms with van der Waals surface area (Å²) in [4.78, 5) is 0. The second kappa shape index (κ2) is 4.43. The van der Waals surface area contributed by atoms with Crippen LogP contribution in [0.5, 0.6) is 0 Å². The van der Waals surface area contributed by atoms with Crippen molar-refractivity contribution in [1.82, 2.24) is 10.4 Å². The van der Waals surface area contributed by atoms with Gasteiger partial charge in [-0.15, -0.1) is 0 Å². The van der Waals surface area contributed by atoms with E-state index in [2.05, 4.69) is 22.2 Å². The van der Waals surface area contributed by atoms with Gasteiger partial charge in [0.15, 0.2) is 0 Å². The monoisotopic (exact) mass is 252 g/mol. The number of hydrogen-bond donors (Lipinski definition) is 1. The smallest absolute Gasteiger partial charge is 0.0272 e. The standard InChI is InChI=1S/C14H24N2S/c1-3-17-4-2-16(1)15-14-12-6-10-5-11(8-12)9-13(14)7-10/h10-15H,1-9H2. The lowest BCUT2D eigenvalue weighted by atomic mass is 9.54.